The highest BCUT2D eigenvalue weighted by molar-refractivity contribution is 8.72. The van der Waals surface area contributed by atoms with Crippen LogP contribution in [-0.2, 0) is 8.87 Å². The summed E-state index contributed by atoms with van der Waals surface area (Å²) in [7, 11) is -1.82. The Balaban J connectivity index is 3.75. The lowest BCUT2D eigenvalue weighted by molar-refractivity contribution is 0.615. The van der Waals surface area contributed by atoms with Crippen molar-refractivity contribution in [3.05, 3.63) is 0 Å². The molecule has 0 aromatic rings. The summed E-state index contributed by atoms with van der Waals surface area (Å²) in [6.45, 7) is 3.71. The molecule has 0 aliphatic rings. The Bertz CT molecular complexity index is 145. The van der Waals surface area contributed by atoms with Crippen LogP contribution in [0.1, 0.15) is 13.8 Å². The molecule has 50 valence electrons. The Labute approximate surface area is 54.0 Å². The second-order valence-corrected chi connectivity index (χ2v) is 6.79. The summed E-state index contributed by atoms with van der Waals surface area (Å²) in [6, 6.07) is 0. The van der Waals surface area contributed by atoms with E-state index in [0.29, 0.717) is 0 Å². The molecule has 4 heteroatoms. The Morgan fingerprint density at radius 2 is 1.75 bits per heavy atom. The van der Waals surface area contributed by atoms with Gasteiger partial charge < -0.3 is 0 Å². The molecule has 0 saturated carbocycles. The van der Waals surface area contributed by atoms with E-state index in [-0.39, 0.29) is 5.25 Å². The van der Waals surface area contributed by atoms with Gasteiger partial charge in [-0.2, -0.15) is 0 Å². The van der Waals surface area contributed by atoms with Crippen molar-refractivity contribution in [3.63, 3.8) is 0 Å². The van der Waals surface area contributed by atoms with Crippen LogP contribution in [0.2, 0.25) is 0 Å². The normalized spacial score (nSPS) is 12.5. The molecule has 0 aromatic heterocycles. The Morgan fingerprint density at radius 3 is 1.75 bits per heavy atom. The zero-order valence-electron chi connectivity index (χ0n) is 5.21. The second-order valence-electron chi connectivity index (χ2n) is 1.85. The Hall–Kier alpha value is 0.300. The van der Waals surface area contributed by atoms with E-state index in [1.54, 1.807) is 0 Å². The minimum absolute atomic E-state index is 0.171. The van der Waals surface area contributed by atoms with E-state index in [2.05, 4.69) is 0 Å². The first kappa shape index (κ1) is 8.30. The van der Waals surface area contributed by atoms with Crippen molar-refractivity contribution in [3.8, 4) is 0 Å². The highest BCUT2D eigenvalue weighted by Gasteiger charge is 2.04. The first-order chi connectivity index (χ1) is 3.42. The Morgan fingerprint density at radius 1 is 1.38 bits per heavy atom. The lowest BCUT2D eigenvalue weighted by Crippen LogP contribution is -1.95. The van der Waals surface area contributed by atoms with E-state index in [1.807, 2.05) is 13.8 Å². The van der Waals surface area contributed by atoms with Gasteiger partial charge in [0.2, 0.25) is 0 Å². The molecule has 0 atom stereocenters. The molecule has 0 spiro atoms. The molecular formula is C4H10O2S2. The van der Waals surface area contributed by atoms with Crippen molar-refractivity contribution in [2.45, 2.75) is 19.1 Å². The average molecular weight is 154 g/mol. The van der Waals surface area contributed by atoms with Gasteiger partial charge >= 0.3 is 0 Å². The largest absolute Gasteiger partial charge is 0.218 e. The number of hydrogen-bond acceptors (Lipinski definition) is 3. The lowest BCUT2D eigenvalue weighted by Gasteiger charge is -1.98. The van der Waals surface area contributed by atoms with Crippen molar-refractivity contribution in [1.82, 2.24) is 0 Å². The third-order valence-electron chi connectivity index (χ3n) is 0.367. The third-order valence-corrected chi connectivity index (χ3v) is 3.31. The molecule has 0 amide bonds. The van der Waals surface area contributed by atoms with Gasteiger partial charge in [-0.05, 0) is 10.8 Å². The van der Waals surface area contributed by atoms with Crippen LogP contribution in [-0.4, -0.2) is 19.9 Å². The van der Waals surface area contributed by atoms with E-state index in [4.69, 9.17) is 0 Å². The van der Waals surface area contributed by atoms with E-state index in [1.165, 1.54) is 6.26 Å². The summed E-state index contributed by atoms with van der Waals surface area (Å²) < 4.78 is 20.8. The van der Waals surface area contributed by atoms with Gasteiger partial charge in [0, 0.05) is 11.5 Å². The van der Waals surface area contributed by atoms with E-state index < -0.39 is 8.87 Å². The third kappa shape index (κ3) is 6.30. The van der Waals surface area contributed by atoms with Gasteiger partial charge in [-0.3, -0.25) is 0 Å². The standard InChI is InChI=1S/C4H10O2S2/c1-4(2)7-8(3,5)6/h4H,1-3H3. The van der Waals surface area contributed by atoms with E-state index in [9.17, 15) is 8.42 Å². The van der Waals surface area contributed by atoms with Crippen molar-refractivity contribution >= 4 is 19.7 Å². The van der Waals surface area contributed by atoms with E-state index in [0.717, 1.165) is 10.8 Å². The molecule has 0 radical (unpaired) electrons. The molecule has 2 nitrogen and oxygen atoms in total. The molecule has 0 aliphatic heterocycles. The molecule has 0 N–H and O–H groups in total. The summed E-state index contributed by atoms with van der Waals surface area (Å²) in [5.41, 5.74) is 0. The van der Waals surface area contributed by atoms with Crippen LogP contribution >= 0.6 is 10.8 Å². The van der Waals surface area contributed by atoms with Gasteiger partial charge in [-0.25, -0.2) is 8.42 Å². The summed E-state index contributed by atoms with van der Waals surface area (Å²) in [6.07, 6.45) is 1.22. The molecule has 0 unspecified atom stereocenters. The second kappa shape index (κ2) is 2.73. The highest BCUT2D eigenvalue weighted by Crippen LogP contribution is 2.15. The van der Waals surface area contributed by atoms with Gasteiger partial charge in [0.05, 0.1) is 0 Å². The van der Waals surface area contributed by atoms with Crippen molar-refractivity contribution < 1.29 is 8.42 Å². The number of rotatable bonds is 2. The van der Waals surface area contributed by atoms with Crippen LogP contribution in [0.3, 0.4) is 0 Å². The van der Waals surface area contributed by atoms with Gasteiger partial charge in [0.15, 0.2) is 8.87 Å². The zero-order chi connectivity index (χ0) is 6.78. The summed E-state index contributed by atoms with van der Waals surface area (Å²) in [5, 5.41) is 0.171. The SMILES string of the molecule is CC(C)SS(C)(=O)=O. The molecule has 0 aliphatic carbocycles. The monoisotopic (exact) mass is 154 g/mol. The first-order valence-corrected chi connectivity index (χ1v) is 5.59. The van der Waals surface area contributed by atoms with E-state index >= 15 is 0 Å². The average Bonchev–Trinajstić information content (AvgIpc) is 1.21. The van der Waals surface area contributed by atoms with Crippen molar-refractivity contribution in [2.75, 3.05) is 6.26 Å². The first-order valence-electron chi connectivity index (χ1n) is 2.30. The Kier molecular flexibility index (Phi) is 2.83. The molecule has 0 fully saturated rings. The predicted molar refractivity (Wildman–Crippen MR) is 37.6 cm³/mol. The van der Waals surface area contributed by atoms with Gasteiger partial charge in [0.1, 0.15) is 0 Å². The van der Waals surface area contributed by atoms with Crippen molar-refractivity contribution in [1.29, 1.82) is 0 Å². The molecule has 0 rings (SSSR count). The fourth-order valence-corrected chi connectivity index (χ4v) is 3.15. The highest BCUT2D eigenvalue weighted by atomic mass is 33.1. The maximum absolute atomic E-state index is 10.4. The topological polar surface area (TPSA) is 34.1 Å². The van der Waals surface area contributed by atoms with Crippen LogP contribution in [0.25, 0.3) is 0 Å². The molecule has 0 aromatic carbocycles. The summed E-state index contributed by atoms with van der Waals surface area (Å²) >= 11 is 0. The maximum atomic E-state index is 10.4. The van der Waals surface area contributed by atoms with Crippen LogP contribution < -0.4 is 0 Å². The summed E-state index contributed by atoms with van der Waals surface area (Å²) in [5.74, 6) is 0. The van der Waals surface area contributed by atoms with Gasteiger partial charge in [-0.15, -0.1) is 0 Å². The molecule has 0 heterocycles. The molecular weight excluding hydrogens is 144 g/mol. The maximum Gasteiger partial charge on any atom is 0.198 e. The summed E-state index contributed by atoms with van der Waals surface area (Å²) in [4.78, 5) is 0. The number of hydrogen-bond donors (Lipinski definition) is 0. The van der Waals surface area contributed by atoms with Crippen molar-refractivity contribution in [2.24, 2.45) is 0 Å². The molecule has 0 saturated heterocycles. The fourth-order valence-electron chi connectivity index (χ4n) is 0.350. The van der Waals surface area contributed by atoms with Crippen LogP contribution in [0.4, 0.5) is 0 Å². The van der Waals surface area contributed by atoms with Gasteiger partial charge in [0.25, 0.3) is 0 Å². The molecule has 8 heavy (non-hydrogen) atoms. The minimum Gasteiger partial charge on any atom is -0.218 e. The predicted octanol–water partition coefficient (Wildman–Crippen LogP) is 1.09. The quantitative estimate of drug-likeness (QED) is 0.558. The molecule has 0 bridgehead atoms. The minimum atomic E-state index is -2.81. The lowest BCUT2D eigenvalue weighted by atomic mass is 10.6. The van der Waals surface area contributed by atoms with Crippen LogP contribution in [0.15, 0.2) is 0 Å². The fraction of sp³-hybridized carbons (Fsp3) is 1.00. The van der Waals surface area contributed by atoms with Gasteiger partial charge in [-0.1, -0.05) is 13.8 Å². The van der Waals surface area contributed by atoms with Crippen LogP contribution in [0, 0.1) is 0 Å². The zero-order valence-corrected chi connectivity index (χ0v) is 6.84. The smallest absolute Gasteiger partial charge is 0.198 e. The van der Waals surface area contributed by atoms with Crippen LogP contribution in [0.5, 0.6) is 0 Å².